The number of halogens is 1. The van der Waals surface area contributed by atoms with Crippen molar-refractivity contribution >= 4 is 17.4 Å². The second kappa shape index (κ2) is 5.76. The fourth-order valence-corrected chi connectivity index (χ4v) is 1.40. The van der Waals surface area contributed by atoms with Crippen molar-refractivity contribution in [2.45, 2.75) is 26.7 Å². The molecule has 0 aliphatic carbocycles. The van der Waals surface area contributed by atoms with Gasteiger partial charge in [0.1, 0.15) is 12.4 Å². The van der Waals surface area contributed by atoms with Crippen molar-refractivity contribution in [2.75, 3.05) is 6.61 Å². The number of hydrogen-bond acceptors (Lipinski definition) is 2. The fraction of sp³-hybridized carbons (Fsp3) is 0.417. The molecule has 0 aliphatic rings. The molecular formula is C12H15ClO2. The van der Waals surface area contributed by atoms with E-state index in [9.17, 15) is 4.79 Å². The molecule has 0 N–H and O–H groups in total. The van der Waals surface area contributed by atoms with E-state index in [4.69, 9.17) is 16.3 Å². The highest BCUT2D eigenvalue weighted by atomic mass is 35.5. The SMILES string of the molecule is CCCC(=O)COc1cc(C)ccc1Cl. The molecule has 0 amide bonds. The molecule has 0 aromatic heterocycles. The van der Waals surface area contributed by atoms with E-state index in [0.717, 1.165) is 12.0 Å². The molecule has 0 unspecified atom stereocenters. The third-order valence-corrected chi connectivity index (χ3v) is 2.32. The molecule has 1 aromatic carbocycles. The van der Waals surface area contributed by atoms with E-state index in [1.807, 2.05) is 26.0 Å². The maximum atomic E-state index is 11.2. The molecule has 0 radical (unpaired) electrons. The Morgan fingerprint density at radius 1 is 1.47 bits per heavy atom. The van der Waals surface area contributed by atoms with Gasteiger partial charge in [0, 0.05) is 6.42 Å². The standard InChI is InChI=1S/C12H15ClO2/c1-3-4-10(14)8-15-12-7-9(2)5-6-11(12)13/h5-7H,3-4,8H2,1-2H3. The van der Waals surface area contributed by atoms with Crippen LogP contribution in [0.25, 0.3) is 0 Å². The average molecular weight is 227 g/mol. The molecule has 1 aromatic rings. The molecule has 0 bridgehead atoms. The zero-order valence-electron chi connectivity index (χ0n) is 9.05. The van der Waals surface area contributed by atoms with Crippen molar-refractivity contribution in [3.63, 3.8) is 0 Å². The van der Waals surface area contributed by atoms with E-state index in [2.05, 4.69) is 0 Å². The number of ether oxygens (including phenoxy) is 1. The summed E-state index contributed by atoms with van der Waals surface area (Å²) in [6, 6.07) is 5.52. The first kappa shape index (κ1) is 12.1. The second-order valence-corrected chi connectivity index (χ2v) is 3.92. The zero-order valence-corrected chi connectivity index (χ0v) is 9.80. The van der Waals surface area contributed by atoms with Crippen molar-refractivity contribution in [1.29, 1.82) is 0 Å². The number of Topliss-reactive ketones (excluding diaryl/α,β-unsaturated/α-hetero) is 1. The highest BCUT2D eigenvalue weighted by molar-refractivity contribution is 6.32. The van der Waals surface area contributed by atoms with Gasteiger partial charge in [-0.3, -0.25) is 4.79 Å². The van der Waals surface area contributed by atoms with Gasteiger partial charge in [-0.2, -0.15) is 0 Å². The lowest BCUT2D eigenvalue weighted by atomic mass is 10.2. The molecule has 0 saturated heterocycles. The molecule has 0 fully saturated rings. The molecule has 15 heavy (non-hydrogen) atoms. The smallest absolute Gasteiger partial charge is 0.170 e. The van der Waals surface area contributed by atoms with Gasteiger partial charge in [-0.1, -0.05) is 24.6 Å². The molecule has 3 heteroatoms. The number of carbonyl (C=O) groups is 1. The molecule has 0 spiro atoms. The lowest BCUT2D eigenvalue weighted by Crippen LogP contribution is -2.10. The van der Waals surface area contributed by atoms with E-state index in [0.29, 0.717) is 17.2 Å². The van der Waals surface area contributed by atoms with E-state index >= 15 is 0 Å². The number of benzene rings is 1. The Kier molecular flexibility index (Phi) is 4.63. The van der Waals surface area contributed by atoms with Gasteiger partial charge >= 0.3 is 0 Å². The predicted octanol–water partition coefficient (Wildman–Crippen LogP) is 3.40. The van der Waals surface area contributed by atoms with Gasteiger partial charge in [-0.15, -0.1) is 0 Å². The van der Waals surface area contributed by atoms with Crippen LogP contribution >= 0.6 is 11.6 Å². The van der Waals surface area contributed by atoms with E-state index in [1.54, 1.807) is 6.07 Å². The zero-order chi connectivity index (χ0) is 11.3. The number of carbonyl (C=O) groups excluding carboxylic acids is 1. The molecule has 2 nitrogen and oxygen atoms in total. The summed E-state index contributed by atoms with van der Waals surface area (Å²) in [7, 11) is 0. The van der Waals surface area contributed by atoms with Crippen LogP contribution in [0.1, 0.15) is 25.3 Å². The van der Waals surface area contributed by atoms with Crippen LogP contribution in [0.5, 0.6) is 5.75 Å². The summed E-state index contributed by atoms with van der Waals surface area (Å²) >= 11 is 5.92. The minimum absolute atomic E-state index is 0.107. The van der Waals surface area contributed by atoms with Gasteiger partial charge < -0.3 is 4.74 Å². The monoisotopic (exact) mass is 226 g/mol. The Morgan fingerprint density at radius 2 is 2.20 bits per heavy atom. The second-order valence-electron chi connectivity index (χ2n) is 3.51. The van der Waals surface area contributed by atoms with Gasteiger partial charge in [0.25, 0.3) is 0 Å². The highest BCUT2D eigenvalue weighted by Crippen LogP contribution is 2.25. The molecule has 82 valence electrons. The quantitative estimate of drug-likeness (QED) is 0.769. The highest BCUT2D eigenvalue weighted by Gasteiger charge is 2.05. The van der Waals surface area contributed by atoms with Crippen molar-refractivity contribution in [2.24, 2.45) is 0 Å². The summed E-state index contributed by atoms with van der Waals surface area (Å²) in [6.07, 6.45) is 1.41. The largest absolute Gasteiger partial charge is 0.484 e. The van der Waals surface area contributed by atoms with E-state index in [1.165, 1.54) is 0 Å². The summed E-state index contributed by atoms with van der Waals surface area (Å²) < 4.78 is 5.35. The molecular weight excluding hydrogens is 212 g/mol. The number of aryl methyl sites for hydroxylation is 1. The van der Waals surface area contributed by atoms with Crippen molar-refractivity contribution in [1.82, 2.24) is 0 Å². The summed E-state index contributed by atoms with van der Waals surface area (Å²) in [6.45, 7) is 4.03. The van der Waals surface area contributed by atoms with E-state index < -0.39 is 0 Å². The van der Waals surface area contributed by atoms with Crippen molar-refractivity contribution in [3.8, 4) is 5.75 Å². The van der Waals surface area contributed by atoms with Crippen LogP contribution < -0.4 is 4.74 Å². The fourth-order valence-electron chi connectivity index (χ4n) is 1.23. The topological polar surface area (TPSA) is 26.3 Å². The Morgan fingerprint density at radius 3 is 2.87 bits per heavy atom. The van der Waals surface area contributed by atoms with Crippen LogP contribution in [0.4, 0.5) is 0 Å². The predicted molar refractivity (Wildman–Crippen MR) is 61.6 cm³/mol. The lowest BCUT2D eigenvalue weighted by Gasteiger charge is -2.07. The summed E-state index contributed by atoms with van der Waals surface area (Å²) in [4.78, 5) is 11.2. The minimum Gasteiger partial charge on any atom is -0.484 e. The first-order valence-corrected chi connectivity index (χ1v) is 5.42. The van der Waals surface area contributed by atoms with Gasteiger partial charge in [-0.05, 0) is 31.0 Å². The van der Waals surface area contributed by atoms with Gasteiger partial charge in [-0.25, -0.2) is 0 Å². The Hall–Kier alpha value is -1.02. The Labute approximate surface area is 95.2 Å². The maximum absolute atomic E-state index is 11.2. The Bertz CT molecular complexity index is 347. The van der Waals surface area contributed by atoms with Gasteiger partial charge in [0.15, 0.2) is 5.78 Å². The molecule has 0 atom stereocenters. The third kappa shape index (κ3) is 3.92. The number of rotatable bonds is 5. The van der Waals surface area contributed by atoms with Crippen LogP contribution in [0.3, 0.4) is 0 Å². The average Bonchev–Trinajstić information content (AvgIpc) is 2.20. The normalized spacial score (nSPS) is 10.1. The third-order valence-electron chi connectivity index (χ3n) is 2.00. The van der Waals surface area contributed by atoms with Crippen LogP contribution in [-0.2, 0) is 4.79 Å². The molecule has 0 heterocycles. The van der Waals surface area contributed by atoms with Crippen LogP contribution in [-0.4, -0.2) is 12.4 Å². The van der Waals surface area contributed by atoms with Crippen molar-refractivity contribution in [3.05, 3.63) is 28.8 Å². The van der Waals surface area contributed by atoms with Crippen molar-refractivity contribution < 1.29 is 9.53 Å². The first-order valence-electron chi connectivity index (χ1n) is 5.04. The summed E-state index contributed by atoms with van der Waals surface area (Å²) in [5, 5.41) is 0.546. The van der Waals surface area contributed by atoms with E-state index in [-0.39, 0.29) is 12.4 Å². The van der Waals surface area contributed by atoms with Gasteiger partial charge in [0.2, 0.25) is 0 Å². The van der Waals surface area contributed by atoms with Crippen LogP contribution in [0, 0.1) is 6.92 Å². The van der Waals surface area contributed by atoms with Crippen LogP contribution in [0.2, 0.25) is 5.02 Å². The molecule has 1 rings (SSSR count). The van der Waals surface area contributed by atoms with Gasteiger partial charge in [0.05, 0.1) is 5.02 Å². The maximum Gasteiger partial charge on any atom is 0.170 e. The molecule has 0 aliphatic heterocycles. The molecule has 0 saturated carbocycles. The minimum atomic E-state index is 0.107. The summed E-state index contributed by atoms with van der Waals surface area (Å²) in [5.41, 5.74) is 1.07. The Balaban J connectivity index is 2.57. The van der Waals surface area contributed by atoms with Crippen LogP contribution in [0.15, 0.2) is 18.2 Å². The lowest BCUT2D eigenvalue weighted by molar-refractivity contribution is -0.121. The number of hydrogen-bond donors (Lipinski definition) is 0. The summed E-state index contributed by atoms with van der Waals surface area (Å²) in [5.74, 6) is 0.691. The first-order chi connectivity index (χ1) is 7.13. The number of ketones is 1.